The molecule has 4 rings (SSSR count). The van der Waals surface area contributed by atoms with Crippen molar-refractivity contribution in [2.24, 2.45) is 0 Å². The van der Waals surface area contributed by atoms with Crippen LogP contribution in [0, 0.1) is 0 Å². The van der Waals surface area contributed by atoms with E-state index in [0.717, 1.165) is 28.4 Å². The number of sulfonamides is 1. The number of para-hydroxylation sites is 1. The number of benzene rings is 3. The third kappa shape index (κ3) is 5.34. The fourth-order valence-electron chi connectivity index (χ4n) is 3.55. The minimum atomic E-state index is -3.46. The topological polar surface area (TPSA) is 103 Å². The lowest BCUT2D eigenvalue weighted by Crippen LogP contribution is -2.26. The summed E-state index contributed by atoms with van der Waals surface area (Å²) in [5.74, 6) is 0.764. The van der Waals surface area contributed by atoms with Gasteiger partial charge in [-0.3, -0.25) is 4.72 Å². The van der Waals surface area contributed by atoms with Gasteiger partial charge in [0.15, 0.2) is 0 Å². The van der Waals surface area contributed by atoms with E-state index in [1.807, 2.05) is 36.4 Å². The summed E-state index contributed by atoms with van der Waals surface area (Å²) in [5, 5.41) is 16.2. The Bertz CT molecular complexity index is 1350. The summed E-state index contributed by atoms with van der Waals surface area (Å²) in [6.07, 6.45) is 0.222. The van der Waals surface area contributed by atoms with Gasteiger partial charge in [0.1, 0.15) is 12.4 Å². The first-order valence-electron chi connectivity index (χ1n) is 10.1. The van der Waals surface area contributed by atoms with E-state index in [1.54, 1.807) is 12.1 Å². The van der Waals surface area contributed by atoms with Crippen LogP contribution in [0.2, 0.25) is 5.02 Å². The van der Waals surface area contributed by atoms with Gasteiger partial charge in [0.2, 0.25) is 10.0 Å². The summed E-state index contributed by atoms with van der Waals surface area (Å²) in [7, 11) is -3.46. The molecule has 1 atom stereocenters. The summed E-state index contributed by atoms with van der Waals surface area (Å²) >= 11 is 6.03. The van der Waals surface area contributed by atoms with E-state index in [1.165, 1.54) is 11.5 Å². The SMILES string of the molecule is CS(=O)(=O)Nc1cc([C@H](O)CNCCOc2ccc3c(c2)[nH]c2ccccc23)ccc1Cl. The van der Waals surface area contributed by atoms with Gasteiger partial charge in [-0.2, -0.15) is 0 Å². The summed E-state index contributed by atoms with van der Waals surface area (Å²) in [6, 6.07) is 18.9. The summed E-state index contributed by atoms with van der Waals surface area (Å²) in [4.78, 5) is 3.39. The molecule has 0 fully saturated rings. The number of nitrogens with one attached hydrogen (secondary N) is 3. The number of ether oxygens (including phenoxy) is 1. The molecule has 1 aromatic heterocycles. The predicted molar refractivity (Wildman–Crippen MR) is 129 cm³/mol. The average Bonchev–Trinajstić information content (AvgIpc) is 3.11. The number of halogens is 1. The number of aromatic nitrogens is 1. The predicted octanol–water partition coefficient (Wildman–Crippen LogP) is 4.05. The van der Waals surface area contributed by atoms with Gasteiger partial charge in [-0.15, -0.1) is 0 Å². The van der Waals surface area contributed by atoms with Gasteiger partial charge >= 0.3 is 0 Å². The van der Waals surface area contributed by atoms with Crippen molar-refractivity contribution in [2.75, 3.05) is 30.7 Å². The zero-order valence-electron chi connectivity index (χ0n) is 17.4. The number of aliphatic hydroxyl groups is 1. The molecular formula is C23H24ClN3O4S. The molecule has 9 heteroatoms. The average molecular weight is 474 g/mol. The zero-order chi connectivity index (χ0) is 22.7. The van der Waals surface area contributed by atoms with Crippen LogP contribution in [0.1, 0.15) is 11.7 Å². The lowest BCUT2D eigenvalue weighted by Gasteiger charge is -2.15. The van der Waals surface area contributed by atoms with Crippen LogP contribution in [0.4, 0.5) is 5.69 Å². The number of fused-ring (bicyclic) bond motifs is 3. The highest BCUT2D eigenvalue weighted by Crippen LogP contribution is 2.28. The van der Waals surface area contributed by atoms with E-state index in [9.17, 15) is 13.5 Å². The van der Waals surface area contributed by atoms with Gasteiger partial charge in [0, 0.05) is 35.4 Å². The van der Waals surface area contributed by atoms with Crippen LogP contribution in [0.25, 0.3) is 21.8 Å². The molecule has 3 aromatic carbocycles. The molecule has 168 valence electrons. The van der Waals surface area contributed by atoms with E-state index in [4.69, 9.17) is 16.3 Å². The molecule has 0 aliphatic heterocycles. The van der Waals surface area contributed by atoms with Crippen LogP contribution in [-0.2, 0) is 10.0 Å². The monoisotopic (exact) mass is 473 g/mol. The molecule has 0 unspecified atom stereocenters. The highest BCUT2D eigenvalue weighted by Gasteiger charge is 2.12. The lowest BCUT2D eigenvalue weighted by molar-refractivity contribution is 0.172. The largest absolute Gasteiger partial charge is 0.492 e. The van der Waals surface area contributed by atoms with Crippen molar-refractivity contribution >= 4 is 49.1 Å². The number of aliphatic hydroxyl groups excluding tert-OH is 1. The second-order valence-electron chi connectivity index (χ2n) is 7.56. The van der Waals surface area contributed by atoms with Crippen LogP contribution in [-0.4, -0.2) is 44.5 Å². The van der Waals surface area contributed by atoms with E-state index >= 15 is 0 Å². The molecule has 0 saturated carbocycles. The Morgan fingerprint density at radius 1 is 1.06 bits per heavy atom. The molecular weight excluding hydrogens is 450 g/mol. The Morgan fingerprint density at radius 3 is 2.66 bits per heavy atom. The maximum absolute atomic E-state index is 11.5. The first-order valence-corrected chi connectivity index (χ1v) is 12.4. The van der Waals surface area contributed by atoms with E-state index in [2.05, 4.69) is 21.1 Å². The summed E-state index contributed by atoms with van der Waals surface area (Å²) < 4.78 is 31.1. The maximum Gasteiger partial charge on any atom is 0.229 e. The first kappa shape index (κ1) is 22.4. The van der Waals surface area contributed by atoms with Gasteiger partial charge in [0.25, 0.3) is 0 Å². The minimum absolute atomic E-state index is 0.237. The second-order valence-corrected chi connectivity index (χ2v) is 9.72. The van der Waals surface area contributed by atoms with Crippen molar-refractivity contribution in [3.8, 4) is 5.75 Å². The number of hydrogen-bond acceptors (Lipinski definition) is 5. The number of aromatic amines is 1. The molecule has 0 amide bonds. The number of hydrogen-bond donors (Lipinski definition) is 4. The smallest absolute Gasteiger partial charge is 0.229 e. The molecule has 0 bridgehead atoms. The molecule has 7 nitrogen and oxygen atoms in total. The second kappa shape index (κ2) is 9.38. The highest BCUT2D eigenvalue weighted by atomic mass is 35.5. The molecule has 4 aromatic rings. The van der Waals surface area contributed by atoms with Gasteiger partial charge in [-0.25, -0.2) is 8.42 Å². The van der Waals surface area contributed by atoms with Crippen LogP contribution in [0.15, 0.2) is 60.7 Å². The number of H-pyrrole nitrogens is 1. The minimum Gasteiger partial charge on any atom is -0.492 e. The van der Waals surface area contributed by atoms with Crippen molar-refractivity contribution in [3.05, 3.63) is 71.2 Å². The van der Waals surface area contributed by atoms with Crippen LogP contribution in [0.5, 0.6) is 5.75 Å². The van der Waals surface area contributed by atoms with Gasteiger partial charge in [-0.05, 0) is 35.9 Å². The molecule has 4 N–H and O–H groups in total. The van der Waals surface area contributed by atoms with Crippen molar-refractivity contribution in [1.82, 2.24) is 10.3 Å². The third-order valence-electron chi connectivity index (χ3n) is 5.03. The zero-order valence-corrected chi connectivity index (χ0v) is 19.0. The molecule has 1 heterocycles. The molecule has 32 heavy (non-hydrogen) atoms. The Balaban J connectivity index is 1.29. The Morgan fingerprint density at radius 2 is 1.84 bits per heavy atom. The van der Waals surface area contributed by atoms with E-state index < -0.39 is 16.1 Å². The molecule has 0 radical (unpaired) electrons. The fraction of sp³-hybridized carbons (Fsp3) is 0.217. The van der Waals surface area contributed by atoms with Crippen molar-refractivity contribution in [3.63, 3.8) is 0 Å². The number of anilines is 1. The summed E-state index contributed by atoms with van der Waals surface area (Å²) in [6.45, 7) is 1.24. The van der Waals surface area contributed by atoms with E-state index in [-0.39, 0.29) is 17.3 Å². The molecule has 0 aliphatic rings. The fourth-order valence-corrected chi connectivity index (χ4v) is 4.34. The highest BCUT2D eigenvalue weighted by molar-refractivity contribution is 7.92. The first-order chi connectivity index (χ1) is 15.3. The van der Waals surface area contributed by atoms with Crippen LogP contribution < -0.4 is 14.8 Å². The maximum atomic E-state index is 11.5. The lowest BCUT2D eigenvalue weighted by atomic mass is 10.1. The van der Waals surface area contributed by atoms with E-state index in [0.29, 0.717) is 18.7 Å². The normalized spacial score (nSPS) is 12.8. The Hall–Kier alpha value is -2.78. The van der Waals surface area contributed by atoms with Gasteiger partial charge in [0.05, 0.1) is 28.6 Å². The Labute approximate surface area is 191 Å². The molecule has 0 aliphatic carbocycles. The van der Waals surface area contributed by atoms with Crippen LogP contribution >= 0.6 is 11.6 Å². The quantitative estimate of drug-likeness (QED) is 0.275. The standard InChI is InChI=1S/C23H24ClN3O4S/c1-32(29,30)27-22-12-15(6-9-19(22)24)23(28)14-25-10-11-31-16-7-8-18-17-4-2-3-5-20(17)26-21(18)13-16/h2-9,12-13,23,25-28H,10-11,14H2,1H3/t23-/m1/s1. The number of rotatable bonds is 9. The summed E-state index contributed by atoms with van der Waals surface area (Å²) in [5.41, 5.74) is 2.90. The molecule has 0 spiro atoms. The van der Waals surface area contributed by atoms with Gasteiger partial charge in [-0.1, -0.05) is 35.9 Å². The molecule has 0 saturated heterocycles. The van der Waals surface area contributed by atoms with Crippen molar-refractivity contribution in [2.45, 2.75) is 6.10 Å². The van der Waals surface area contributed by atoms with Gasteiger partial charge < -0.3 is 20.1 Å². The van der Waals surface area contributed by atoms with Crippen LogP contribution in [0.3, 0.4) is 0 Å². The third-order valence-corrected chi connectivity index (χ3v) is 5.95. The van der Waals surface area contributed by atoms with Crippen molar-refractivity contribution in [1.29, 1.82) is 0 Å². The van der Waals surface area contributed by atoms with Crippen molar-refractivity contribution < 1.29 is 18.3 Å². The Kier molecular flexibility index (Phi) is 6.57.